The first-order valence-electron chi connectivity index (χ1n) is 1.81. The highest BCUT2D eigenvalue weighted by Gasteiger charge is 1.67. The van der Waals surface area contributed by atoms with Gasteiger partial charge in [0.2, 0.25) is 0 Å². The Kier molecular flexibility index (Phi) is 4.28. The molecule has 4 N–H and O–H groups in total. The van der Waals surface area contributed by atoms with Crippen molar-refractivity contribution in [2.45, 2.75) is 0 Å². The van der Waals surface area contributed by atoms with E-state index >= 15 is 0 Å². The lowest BCUT2D eigenvalue weighted by Crippen LogP contribution is -2.23. The summed E-state index contributed by atoms with van der Waals surface area (Å²) < 4.78 is 0. The lowest BCUT2D eigenvalue weighted by Gasteiger charge is -1.87. The summed E-state index contributed by atoms with van der Waals surface area (Å²) in [5.74, 6) is 0. The molecule has 36 valence electrons. The number of hydrogen-bond acceptors (Lipinski definition) is 3. The number of rotatable bonds is 3. The minimum atomic E-state index is 0.454. The second-order valence-corrected chi connectivity index (χ2v) is 0.862. The van der Waals surface area contributed by atoms with Gasteiger partial charge < -0.3 is 11.1 Å². The predicted molar refractivity (Wildman–Crippen MR) is 25.8 cm³/mol. The molecule has 6 heavy (non-hydrogen) atoms. The van der Waals surface area contributed by atoms with Crippen LogP contribution in [-0.2, 0) is 0 Å². The van der Waals surface area contributed by atoms with Crippen LogP contribution in [0.2, 0.25) is 0 Å². The SMILES string of the molecule is N=CCNCN. The second kappa shape index (κ2) is 4.59. The molecule has 0 fully saturated rings. The van der Waals surface area contributed by atoms with Crippen LogP contribution >= 0.6 is 0 Å². The van der Waals surface area contributed by atoms with E-state index in [0.717, 1.165) is 0 Å². The average Bonchev–Trinajstić information content (AvgIpc) is 1.61. The monoisotopic (exact) mass is 87.1 g/mol. The molecule has 0 amide bonds. The quantitative estimate of drug-likeness (QED) is 0.238. The van der Waals surface area contributed by atoms with Crippen LogP contribution in [-0.4, -0.2) is 19.4 Å². The summed E-state index contributed by atoms with van der Waals surface area (Å²) in [5.41, 5.74) is 5.00. The van der Waals surface area contributed by atoms with Crippen molar-refractivity contribution in [1.82, 2.24) is 5.32 Å². The van der Waals surface area contributed by atoms with Gasteiger partial charge in [0.15, 0.2) is 0 Å². The predicted octanol–water partition coefficient (Wildman–Crippen LogP) is -0.858. The lowest BCUT2D eigenvalue weighted by molar-refractivity contribution is 0.796. The normalized spacial score (nSPS) is 8.17. The number of nitrogens with two attached hydrogens (primary N) is 1. The Morgan fingerprint density at radius 1 is 1.83 bits per heavy atom. The molecular weight excluding hydrogens is 78.1 g/mol. The zero-order valence-electron chi connectivity index (χ0n) is 3.57. The average molecular weight is 87.1 g/mol. The van der Waals surface area contributed by atoms with Crippen LogP contribution in [0.3, 0.4) is 0 Å². The molecule has 0 bridgehead atoms. The van der Waals surface area contributed by atoms with E-state index in [1.165, 1.54) is 6.21 Å². The van der Waals surface area contributed by atoms with E-state index in [1.54, 1.807) is 0 Å². The minimum absolute atomic E-state index is 0.454. The van der Waals surface area contributed by atoms with E-state index in [0.29, 0.717) is 13.2 Å². The molecule has 0 saturated carbocycles. The van der Waals surface area contributed by atoms with E-state index in [1.807, 2.05) is 0 Å². The smallest absolute Gasteiger partial charge is 0.0431 e. The van der Waals surface area contributed by atoms with Gasteiger partial charge in [0.05, 0.1) is 0 Å². The number of nitrogens with one attached hydrogen (secondary N) is 2. The van der Waals surface area contributed by atoms with Crippen LogP contribution in [0.5, 0.6) is 0 Å². The van der Waals surface area contributed by atoms with Gasteiger partial charge in [-0.15, -0.1) is 0 Å². The third kappa shape index (κ3) is 3.59. The van der Waals surface area contributed by atoms with Crippen molar-refractivity contribution in [3.63, 3.8) is 0 Å². The van der Waals surface area contributed by atoms with Gasteiger partial charge in [0.25, 0.3) is 0 Å². The van der Waals surface area contributed by atoms with Gasteiger partial charge in [-0.05, 0) is 0 Å². The summed E-state index contributed by atoms with van der Waals surface area (Å²) in [4.78, 5) is 0. The topological polar surface area (TPSA) is 61.9 Å². The van der Waals surface area contributed by atoms with Crippen molar-refractivity contribution < 1.29 is 0 Å². The van der Waals surface area contributed by atoms with Crippen molar-refractivity contribution in [3.05, 3.63) is 0 Å². The highest BCUT2D eigenvalue weighted by Crippen LogP contribution is 1.39. The maximum Gasteiger partial charge on any atom is 0.0431 e. The Balaban J connectivity index is 2.49. The minimum Gasteiger partial charge on any atom is -0.318 e. The fourth-order valence-corrected chi connectivity index (χ4v) is 0.156. The van der Waals surface area contributed by atoms with Gasteiger partial charge in [-0.25, -0.2) is 0 Å². The molecule has 0 aromatic rings. The van der Waals surface area contributed by atoms with Crippen molar-refractivity contribution >= 4 is 6.21 Å². The Morgan fingerprint density at radius 2 is 2.50 bits per heavy atom. The molecule has 0 aliphatic carbocycles. The molecule has 0 aromatic carbocycles. The fraction of sp³-hybridized carbons (Fsp3) is 0.667. The first-order chi connectivity index (χ1) is 2.91. The maximum absolute atomic E-state index is 6.46. The van der Waals surface area contributed by atoms with Crippen LogP contribution in [0.25, 0.3) is 0 Å². The van der Waals surface area contributed by atoms with E-state index in [4.69, 9.17) is 11.1 Å². The Labute approximate surface area is 37.0 Å². The van der Waals surface area contributed by atoms with Crippen molar-refractivity contribution in [2.24, 2.45) is 5.73 Å². The summed E-state index contributed by atoms with van der Waals surface area (Å²) in [6, 6.07) is 0. The van der Waals surface area contributed by atoms with E-state index in [9.17, 15) is 0 Å². The molecule has 0 unspecified atom stereocenters. The summed E-state index contributed by atoms with van der Waals surface area (Å²) in [5, 5.41) is 9.20. The van der Waals surface area contributed by atoms with Gasteiger partial charge >= 0.3 is 0 Å². The van der Waals surface area contributed by atoms with Crippen molar-refractivity contribution in [1.29, 1.82) is 5.41 Å². The fourth-order valence-electron chi connectivity index (χ4n) is 0.156. The molecule has 0 rings (SSSR count). The van der Waals surface area contributed by atoms with E-state index in [2.05, 4.69) is 5.32 Å². The second-order valence-electron chi connectivity index (χ2n) is 0.862. The van der Waals surface area contributed by atoms with Gasteiger partial charge in [0.1, 0.15) is 0 Å². The molecule has 0 heterocycles. The van der Waals surface area contributed by atoms with Crippen molar-refractivity contribution in [3.8, 4) is 0 Å². The third-order valence-corrected chi connectivity index (χ3v) is 0.391. The van der Waals surface area contributed by atoms with E-state index < -0.39 is 0 Å². The summed E-state index contributed by atoms with van der Waals surface area (Å²) in [7, 11) is 0. The maximum atomic E-state index is 6.46. The molecule has 0 saturated heterocycles. The van der Waals surface area contributed by atoms with Crippen LogP contribution < -0.4 is 11.1 Å². The molecule has 3 nitrogen and oxygen atoms in total. The summed E-state index contributed by atoms with van der Waals surface area (Å²) in [6.45, 7) is 1.03. The first-order valence-corrected chi connectivity index (χ1v) is 1.81. The molecule has 0 spiro atoms. The molecule has 0 aliphatic rings. The first kappa shape index (κ1) is 5.59. The molecule has 3 heteroatoms. The van der Waals surface area contributed by atoms with E-state index in [-0.39, 0.29) is 0 Å². The number of hydrogen-bond donors (Lipinski definition) is 3. The molecule has 0 atom stereocenters. The Hall–Kier alpha value is -0.410. The van der Waals surface area contributed by atoms with Crippen LogP contribution in [0, 0.1) is 5.41 Å². The largest absolute Gasteiger partial charge is 0.318 e. The molecule has 0 radical (unpaired) electrons. The molecule has 0 aliphatic heterocycles. The Morgan fingerprint density at radius 3 is 2.67 bits per heavy atom. The van der Waals surface area contributed by atoms with Crippen LogP contribution in [0.15, 0.2) is 0 Å². The summed E-state index contributed by atoms with van der Waals surface area (Å²) in [6.07, 6.45) is 1.27. The molecule has 0 aromatic heterocycles. The van der Waals surface area contributed by atoms with Gasteiger partial charge in [-0.1, -0.05) is 0 Å². The lowest BCUT2D eigenvalue weighted by atomic mass is 10.7. The van der Waals surface area contributed by atoms with Crippen LogP contribution in [0.1, 0.15) is 0 Å². The zero-order valence-corrected chi connectivity index (χ0v) is 3.57. The van der Waals surface area contributed by atoms with Gasteiger partial charge in [-0.2, -0.15) is 0 Å². The van der Waals surface area contributed by atoms with Crippen molar-refractivity contribution in [2.75, 3.05) is 13.2 Å². The van der Waals surface area contributed by atoms with Gasteiger partial charge in [0, 0.05) is 19.4 Å². The highest BCUT2D eigenvalue weighted by atomic mass is 14.9. The molecular formula is C3H9N3. The van der Waals surface area contributed by atoms with Crippen LogP contribution in [0.4, 0.5) is 0 Å². The highest BCUT2D eigenvalue weighted by molar-refractivity contribution is 5.55. The van der Waals surface area contributed by atoms with Gasteiger partial charge in [-0.3, -0.25) is 5.32 Å². The zero-order chi connectivity index (χ0) is 4.83. The Bertz CT molecular complexity index is 35.0. The summed E-state index contributed by atoms with van der Waals surface area (Å²) >= 11 is 0. The third-order valence-electron chi connectivity index (χ3n) is 0.391. The standard InChI is InChI=1S/C3H9N3/c4-1-2-6-3-5/h1,4,6H,2-3,5H2.